The monoisotopic (exact) mass is 258 g/mol. The third-order valence-corrected chi connectivity index (χ3v) is 5.15. The lowest BCUT2D eigenvalue weighted by Crippen LogP contribution is -2.60. The molecule has 0 aromatic rings. The van der Waals surface area contributed by atoms with Crippen LogP contribution in [-0.2, 0) is 10.8 Å². The summed E-state index contributed by atoms with van der Waals surface area (Å²) >= 11 is 0. The van der Waals surface area contributed by atoms with E-state index in [0.29, 0.717) is 18.1 Å². The van der Waals surface area contributed by atoms with E-state index >= 15 is 0 Å². The first-order chi connectivity index (χ1) is 8.11. The maximum absolute atomic E-state index is 11.4. The van der Waals surface area contributed by atoms with Gasteiger partial charge in [0.2, 0.25) is 0 Å². The Morgan fingerprint density at radius 2 is 2.18 bits per heavy atom. The van der Waals surface area contributed by atoms with Crippen molar-refractivity contribution in [1.29, 1.82) is 0 Å². The van der Waals surface area contributed by atoms with Crippen molar-refractivity contribution in [3.05, 3.63) is 0 Å². The highest BCUT2D eigenvalue weighted by atomic mass is 32.2. The Hall–Kier alpha value is 0.0700. The molecule has 0 amide bonds. The molecule has 1 aliphatic carbocycles. The highest BCUT2D eigenvalue weighted by Gasteiger charge is 2.38. The Morgan fingerprint density at radius 1 is 1.47 bits per heavy atom. The van der Waals surface area contributed by atoms with Gasteiger partial charge in [0.15, 0.2) is 0 Å². The minimum absolute atomic E-state index is 0.453. The van der Waals surface area contributed by atoms with Crippen molar-refractivity contribution >= 4 is 10.8 Å². The molecule has 4 unspecified atom stereocenters. The van der Waals surface area contributed by atoms with Gasteiger partial charge in [-0.05, 0) is 32.1 Å². The van der Waals surface area contributed by atoms with Gasteiger partial charge in [0.25, 0.3) is 0 Å². The molecule has 0 spiro atoms. The molecule has 2 rings (SSSR count). The summed E-state index contributed by atoms with van der Waals surface area (Å²) in [6.45, 7) is 6.76. The van der Waals surface area contributed by atoms with Gasteiger partial charge in [0.1, 0.15) is 0 Å². The minimum Gasteiger partial charge on any atom is -0.311 e. The molecule has 100 valence electrons. The number of hydrogen-bond donors (Lipinski definition) is 1. The summed E-state index contributed by atoms with van der Waals surface area (Å²) < 4.78 is 11.4. The molecule has 3 nitrogen and oxygen atoms in total. The minimum atomic E-state index is -0.683. The summed E-state index contributed by atoms with van der Waals surface area (Å²) in [6.07, 6.45) is 5.80. The van der Waals surface area contributed by atoms with Gasteiger partial charge in [-0.15, -0.1) is 0 Å². The van der Waals surface area contributed by atoms with Crippen LogP contribution in [0.3, 0.4) is 0 Å². The highest BCUT2D eigenvalue weighted by Crippen LogP contribution is 2.34. The lowest BCUT2D eigenvalue weighted by molar-refractivity contribution is 0.0895. The van der Waals surface area contributed by atoms with Crippen molar-refractivity contribution in [3.63, 3.8) is 0 Å². The lowest BCUT2D eigenvalue weighted by atomic mass is 10.0. The van der Waals surface area contributed by atoms with Gasteiger partial charge in [-0.25, -0.2) is 0 Å². The van der Waals surface area contributed by atoms with Crippen LogP contribution in [0.15, 0.2) is 0 Å². The van der Waals surface area contributed by atoms with Crippen LogP contribution >= 0.6 is 0 Å². The first-order valence-electron chi connectivity index (χ1n) is 6.91. The van der Waals surface area contributed by atoms with Crippen molar-refractivity contribution in [2.45, 2.75) is 51.2 Å². The van der Waals surface area contributed by atoms with E-state index in [1.165, 1.54) is 19.3 Å². The predicted octanol–water partition coefficient (Wildman–Crippen LogP) is 1.22. The van der Waals surface area contributed by atoms with Gasteiger partial charge in [-0.1, -0.05) is 6.92 Å². The Morgan fingerprint density at radius 3 is 2.71 bits per heavy atom. The fraction of sp³-hybridized carbons (Fsp3) is 1.00. The molecule has 0 aromatic carbocycles. The van der Waals surface area contributed by atoms with E-state index in [2.05, 4.69) is 24.1 Å². The Labute approximate surface area is 108 Å². The summed E-state index contributed by atoms with van der Waals surface area (Å²) in [7, 11) is -0.683. The Balaban J connectivity index is 1.95. The molecule has 4 heteroatoms. The van der Waals surface area contributed by atoms with E-state index < -0.39 is 10.8 Å². The van der Waals surface area contributed by atoms with Crippen LogP contribution in [0, 0.1) is 5.92 Å². The molecule has 2 fully saturated rings. The third kappa shape index (κ3) is 3.52. The first-order valence-corrected chi connectivity index (χ1v) is 8.63. The molecule has 1 saturated carbocycles. The molecule has 1 N–H and O–H groups in total. The van der Waals surface area contributed by atoms with Crippen LogP contribution in [-0.4, -0.2) is 52.3 Å². The quantitative estimate of drug-likeness (QED) is 0.805. The second kappa shape index (κ2) is 5.81. The van der Waals surface area contributed by atoms with Crippen molar-refractivity contribution in [2.75, 3.05) is 25.1 Å². The maximum Gasteiger partial charge on any atom is 0.0385 e. The number of piperazine rings is 1. The number of nitrogens with zero attached hydrogens (tertiary/aromatic N) is 1. The van der Waals surface area contributed by atoms with Crippen LogP contribution in [0.25, 0.3) is 0 Å². The van der Waals surface area contributed by atoms with E-state index in [-0.39, 0.29) is 0 Å². The lowest BCUT2D eigenvalue weighted by Gasteiger charge is -2.43. The predicted molar refractivity (Wildman–Crippen MR) is 73.7 cm³/mol. The van der Waals surface area contributed by atoms with E-state index in [0.717, 1.165) is 24.8 Å². The average Bonchev–Trinajstić information content (AvgIpc) is 3.11. The molecule has 0 bridgehead atoms. The van der Waals surface area contributed by atoms with Gasteiger partial charge in [-0.3, -0.25) is 9.11 Å². The molecule has 1 aliphatic heterocycles. The van der Waals surface area contributed by atoms with Gasteiger partial charge < -0.3 is 5.32 Å². The summed E-state index contributed by atoms with van der Waals surface area (Å²) in [6, 6.07) is 1.77. The van der Waals surface area contributed by atoms with Crippen molar-refractivity contribution in [2.24, 2.45) is 5.92 Å². The molecular formula is C13H26N2OS. The van der Waals surface area contributed by atoms with Crippen LogP contribution in [0.2, 0.25) is 0 Å². The molecule has 4 atom stereocenters. The smallest absolute Gasteiger partial charge is 0.0385 e. The fourth-order valence-electron chi connectivity index (χ4n) is 3.01. The second-order valence-electron chi connectivity index (χ2n) is 5.70. The first kappa shape index (κ1) is 13.5. The summed E-state index contributed by atoms with van der Waals surface area (Å²) in [5.41, 5.74) is 0. The maximum atomic E-state index is 11.4. The van der Waals surface area contributed by atoms with Gasteiger partial charge in [0.05, 0.1) is 0 Å². The zero-order valence-electron chi connectivity index (χ0n) is 11.3. The Bertz CT molecular complexity index is 281. The van der Waals surface area contributed by atoms with E-state index in [9.17, 15) is 4.21 Å². The molecular weight excluding hydrogens is 232 g/mol. The third-order valence-electron chi connectivity index (χ3n) is 4.20. The fourth-order valence-corrected chi connectivity index (χ4v) is 3.88. The zero-order chi connectivity index (χ0) is 12.4. The normalized spacial score (nSPS) is 34.5. The summed E-state index contributed by atoms with van der Waals surface area (Å²) in [5.74, 6) is 1.73. The number of nitrogens with one attached hydrogen (secondary N) is 1. The van der Waals surface area contributed by atoms with E-state index in [1.54, 1.807) is 0 Å². The molecule has 1 heterocycles. The SMILES string of the molecule is CCC1CNC(C2CC2)CN1C(C)CS(C)=O. The van der Waals surface area contributed by atoms with Crippen molar-refractivity contribution in [3.8, 4) is 0 Å². The molecule has 1 saturated heterocycles. The highest BCUT2D eigenvalue weighted by molar-refractivity contribution is 7.84. The summed E-state index contributed by atoms with van der Waals surface area (Å²) in [4.78, 5) is 2.60. The zero-order valence-corrected chi connectivity index (χ0v) is 12.1. The van der Waals surface area contributed by atoms with Crippen LogP contribution in [0.1, 0.15) is 33.1 Å². The molecule has 0 radical (unpaired) electrons. The topological polar surface area (TPSA) is 32.3 Å². The number of hydrogen-bond acceptors (Lipinski definition) is 3. The summed E-state index contributed by atoms with van der Waals surface area (Å²) in [5, 5.41) is 3.70. The van der Waals surface area contributed by atoms with Crippen molar-refractivity contribution < 1.29 is 4.21 Å². The largest absolute Gasteiger partial charge is 0.311 e. The molecule has 0 aromatic heterocycles. The standard InChI is InChI=1S/C13H26N2OS/c1-4-12-7-14-13(11-5-6-11)8-15(12)10(2)9-17(3)16/h10-14H,4-9H2,1-3H3. The van der Waals surface area contributed by atoms with Crippen LogP contribution < -0.4 is 5.32 Å². The van der Waals surface area contributed by atoms with Crippen LogP contribution in [0.5, 0.6) is 0 Å². The second-order valence-corrected chi connectivity index (χ2v) is 7.18. The van der Waals surface area contributed by atoms with Gasteiger partial charge in [-0.2, -0.15) is 0 Å². The van der Waals surface area contributed by atoms with Gasteiger partial charge >= 0.3 is 0 Å². The van der Waals surface area contributed by atoms with Gasteiger partial charge in [0, 0.05) is 54.0 Å². The molecule has 2 aliphatic rings. The molecule has 17 heavy (non-hydrogen) atoms. The van der Waals surface area contributed by atoms with E-state index in [4.69, 9.17) is 0 Å². The Kier molecular flexibility index (Phi) is 4.61. The average molecular weight is 258 g/mol. The van der Waals surface area contributed by atoms with Crippen molar-refractivity contribution in [1.82, 2.24) is 10.2 Å². The van der Waals surface area contributed by atoms with E-state index in [1.807, 2.05) is 6.26 Å². The van der Waals surface area contributed by atoms with Crippen LogP contribution in [0.4, 0.5) is 0 Å². The number of rotatable bonds is 5.